The van der Waals surface area contributed by atoms with Crippen molar-refractivity contribution in [1.82, 2.24) is 4.90 Å². The molecule has 0 spiro atoms. The predicted molar refractivity (Wildman–Crippen MR) is 105 cm³/mol. The first-order valence-corrected chi connectivity index (χ1v) is 9.59. The van der Waals surface area contributed by atoms with E-state index in [1.165, 1.54) is 0 Å². The Morgan fingerprint density at radius 3 is 2.50 bits per heavy atom. The van der Waals surface area contributed by atoms with E-state index >= 15 is 0 Å². The number of piperidine rings is 1. The summed E-state index contributed by atoms with van der Waals surface area (Å²) in [5.41, 5.74) is 2.01. The topological polar surface area (TPSA) is 36.6 Å². The minimum absolute atomic E-state index is 0.0740. The van der Waals surface area contributed by atoms with Gasteiger partial charge in [-0.3, -0.25) is 4.90 Å². The molecule has 4 heteroatoms. The third-order valence-corrected chi connectivity index (χ3v) is 6.00. The Kier molecular flexibility index (Phi) is 5.03. The number of aliphatic hydroxyl groups excluding tert-OH is 1. The molecule has 0 bridgehead atoms. The summed E-state index contributed by atoms with van der Waals surface area (Å²) in [5, 5.41) is 12.0. The molecule has 0 atom stereocenters. The second kappa shape index (κ2) is 7.43. The Labute approximate surface area is 159 Å². The summed E-state index contributed by atoms with van der Waals surface area (Å²) in [6.45, 7) is 2.95. The van der Waals surface area contributed by atoms with E-state index in [0.29, 0.717) is 0 Å². The highest BCUT2D eigenvalue weighted by atomic mass is 35.5. The molecule has 3 nitrogen and oxygen atoms in total. The molecule has 0 aliphatic carbocycles. The van der Waals surface area contributed by atoms with Gasteiger partial charge in [0.15, 0.2) is 0 Å². The van der Waals surface area contributed by atoms with Gasteiger partial charge in [0, 0.05) is 17.0 Å². The van der Waals surface area contributed by atoms with Crippen molar-refractivity contribution >= 4 is 22.6 Å². The number of fused-ring (bicyclic) bond motifs is 1. The molecular weight excluding hydrogens is 346 g/mol. The SMILES string of the molecule is OCC1(Cc2ccccc2Cl)CCN(Cc2cc3ccccc3o2)CC1. The molecule has 0 unspecified atom stereocenters. The normalized spacial score (nSPS) is 17.6. The highest BCUT2D eigenvalue weighted by Gasteiger charge is 2.34. The van der Waals surface area contributed by atoms with E-state index in [1.807, 2.05) is 36.4 Å². The Morgan fingerprint density at radius 1 is 1.04 bits per heavy atom. The molecule has 1 saturated heterocycles. The van der Waals surface area contributed by atoms with Crippen LogP contribution in [0, 0.1) is 5.41 Å². The van der Waals surface area contributed by atoms with Crippen LogP contribution < -0.4 is 0 Å². The number of aliphatic hydroxyl groups is 1. The predicted octanol–water partition coefficient (Wildman–Crippen LogP) is 4.90. The van der Waals surface area contributed by atoms with Crippen molar-refractivity contribution in [2.75, 3.05) is 19.7 Å². The molecule has 1 aromatic heterocycles. The summed E-state index contributed by atoms with van der Waals surface area (Å²) in [5.74, 6) is 1.01. The molecule has 1 fully saturated rings. The first kappa shape index (κ1) is 17.6. The van der Waals surface area contributed by atoms with E-state index in [0.717, 1.165) is 66.2 Å². The highest BCUT2D eigenvalue weighted by molar-refractivity contribution is 6.31. The number of hydrogen-bond acceptors (Lipinski definition) is 3. The molecule has 3 aromatic rings. The standard InChI is InChI=1S/C22H24ClNO2/c23-20-7-3-1-6-18(20)14-22(16-25)9-11-24(12-10-22)15-19-13-17-5-2-4-8-21(17)26-19/h1-8,13,25H,9-12,14-16H2. The minimum atomic E-state index is -0.0740. The van der Waals surface area contributed by atoms with Crippen LogP contribution in [0.5, 0.6) is 0 Å². The molecular formula is C22H24ClNO2. The maximum atomic E-state index is 10.1. The van der Waals surface area contributed by atoms with Crippen molar-refractivity contribution in [3.05, 3.63) is 70.9 Å². The number of furan rings is 1. The van der Waals surface area contributed by atoms with Crippen LogP contribution in [0.4, 0.5) is 0 Å². The smallest absolute Gasteiger partial charge is 0.134 e. The lowest BCUT2D eigenvalue weighted by Crippen LogP contribution is -2.42. The number of benzene rings is 2. The van der Waals surface area contributed by atoms with Crippen LogP contribution in [0.2, 0.25) is 5.02 Å². The Hall–Kier alpha value is -1.81. The molecule has 0 amide bonds. The van der Waals surface area contributed by atoms with Crippen molar-refractivity contribution in [2.24, 2.45) is 5.41 Å². The Morgan fingerprint density at radius 2 is 1.77 bits per heavy atom. The molecule has 0 radical (unpaired) electrons. The van der Waals surface area contributed by atoms with Crippen molar-refractivity contribution < 1.29 is 9.52 Å². The molecule has 1 aliphatic rings. The molecule has 26 heavy (non-hydrogen) atoms. The number of para-hydroxylation sites is 1. The number of hydrogen-bond donors (Lipinski definition) is 1. The molecule has 0 saturated carbocycles. The minimum Gasteiger partial charge on any atom is -0.460 e. The second-order valence-electron chi connectivity index (χ2n) is 7.45. The van der Waals surface area contributed by atoms with Gasteiger partial charge in [0.25, 0.3) is 0 Å². The molecule has 136 valence electrons. The Bertz CT molecular complexity index is 847. The van der Waals surface area contributed by atoms with Crippen LogP contribution >= 0.6 is 11.6 Å². The van der Waals surface area contributed by atoms with Crippen molar-refractivity contribution in [3.8, 4) is 0 Å². The average molecular weight is 370 g/mol. The van der Waals surface area contributed by atoms with Gasteiger partial charge in [0.05, 0.1) is 6.54 Å². The lowest BCUT2D eigenvalue weighted by atomic mass is 9.74. The van der Waals surface area contributed by atoms with Crippen LogP contribution in [-0.2, 0) is 13.0 Å². The molecule has 2 aromatic carbocycles. The van der Waals surface area contributed by atoms with Crippen LogP contribution in [0.1, 0.15) is 24.2 Å². The van der Waals surface area contributed by atoms with Crippen LogP contribution in [0.15, 0.2) is 59.0 Å². The molecule has 4 rings (SSSR count). The van der Waals surface area contributed by atoms with E-state index in [9.17, 15) is 5.11 Å². The van der Waals surface area contributed by atoms with Gasteiger partial charge in [-0.2, -0.15) is 0 Å². The van der Waals surface area contributed by atoms with Gasteiger partial charge in [-0.25, -0.2) is 0 Å². The molecule has 1 N–H and O–H groups in total. The summed E-state index contributed by atoms with van der Waals surface area (Å²) < 4.78 is 5.95. The largest absolute Gasteiger partial charge is 0.460 e. The van der Waals surface area contributed by atoms with Gasteiger partial charge in [-0.05, 0) is 61.5 Å². The van der Waals surface area contributed by atoms with Gasteiger partial charge in [-0.1, -0.05) is 48.0 Å². The lowest BCUT2D eigenvalue weighted by Gasteiger charge is -2.40. The fraction of sp³-hybridized carbons (Fsp3) is 0.364. The second-order valence-corrected chi connectivity index (χ2v) is 7.86. The third-order valence-electron chi connectivity index (χ3n) is 5.63. The first-order chi connectivity index (χ1) is 12.7. The monoisotopic (exact) mass is 369 g/mol. The maximum Gasteiger partial charge on any atom is 0.134 e. The number of likely N-dealkylation sites (tertiary alicyclic amines) is 1. The highest BCUT2D eigenvalue weighted by Crippen LogP contribution is 2.37. The average Bonchev–Trinajstić information content (AvgIpc) is 3.08. The van der Waals surface area contributed by atoms with Crippen LogP contribution in [0.25, 0.3) is 11.0 Å². The maximum absolute atomic E-state index is 10.1. The van der Waals surface area contributed by atoms with E-state index < -0.39 is 0 Å². The first-order valence-electron chi connectivity index (χ1n) is 9.22. The summed E-state index contributed by atoms with van der Waals surface area (Å²) in [6.07, 6.45) is 2.77. The zero-order valence-electron chi connectivity index (χ0n) is 14.8. The van der Waals surface area contributed by atoms with E-state index in [4.69, 9.17) is 16.0 Å². The number of rotatable bonds is 5. The van der Waals surface area contributed by atoms with Gasteiger partial charge < -0.3 is 9.52 Å². The molecule has 1 aliphatic heterocycles. The van der Waals surface area contributed by atoms with E-state index in [1.54, 1.807) is 0 Å². The van der Waals surface area contributed by atoms with Gasteiger partial charge in [0.1, 0.15) is 11.3 Å². The molecule has 2 heterocycles. The zero-order chi connectivity index (χ0) is 18.0. The number of halogens is 1. The quantitative estimate of drug-likeness (QED) is 0.694. The zero-order valence-corrected chi connectivity index (χ0v) is 15.6. The van der Waals surface area contributed by atoms with Crippen molar-refractivity contribution in [3.63, 3.8) is 0 Å². The van der Waals surface area contributed by atoms with E-state index in [2.05, 4.69) is 23.1 Å². The van der Waals surface area contributed by atoms with Crippen molar-refractivity contribution in [1.29, 1.82) is 0 Å². The Balaban J connectivity index is 1.41. The van der Waals surface area contributed by atoms with Crippen LogP contribution in [-0.4, -0.2) is 29.7 Å². The van der Waals surface area contributed by atoms with Crippen LogP contribution in [0.3, 0.4) is 0 Å². The fourth-order valence-corrected chi connectivity index (χ4v) is 4.16. The fourth-order valence-electron chi connectivity index (χ4n) is 3.96. The summed E-state index contributed by atoms with van der Waals surface area (Å²) in [4.78, 5) is 2.41. The van der Waals surface area contributed by atoms with Gasteiger partial charge >= 0.3 is 0 Å². The lowest BCUT2D eigenvalue weighted by molar-refractivity contribution is 0.0393. The number of nitrogens with zero attached hydrogens (tertiary/aromatic N) is 1. The summed E-state index contributed by atoms with van der Waals surface area (Å²) in [6, 6.07) is 18.2. The van der Waals surface area contributed by atoms with Gasteiger partial charge in [0.2, 0.25) is 0 Å². The van der Waals surface area contributed by atoms with Gasteiger partial charge in [-0.15, -0.1) is 0 Å². The van der Waals surface area contributed by atoms with E-state index in [-0.39, 0.29) is 12.0 Å². The van der Waals surface area contributed by atoms with Crippen molar-refractivity contribution in [2.45, 2.75) is 25.8 Å². The summed E-state index contributed by atoms with van der Waals surface area (Å²) >= 11 is 6.33. The third kappa shape index (κ3) is 3.66. The summed E-state index contributed by atoms with van der Waals surface area (Å²) in [7, 11) is 0.